The summed E-state index contributed by atoms with van der Waals surface area (Å²) in [5.41, 5.74) is 3.29. The zero-order valence-electron chi connectivity index (χ0n) is 12.3. The minimum Gasteiger partial charge on any atom is -0.354 e. The van der Waals surface area contributed by atoms with Gasteiger partial charge in [0, 0.05) is 32.4 Å². The molecule has 5 nitrogen and oxygen atoms in total. The van der Waals surface area contributed by atoms with E-state index in [2.05, 4.69) is 34.0 Å². The van der Waals surface area contributed by atoms with Crippen molar-refractivity contribution in [2.24, 2.45) is 7.05 Å². The van der Waals surface area contributed by atoms with Crippen molar-refractivity contribution < 1.29 is 0 Å². The van der Waals surface area contributed by atoms with Gasteiger partial charge in [0.05, 0.1) is 11.4 Å². The van der Waals surface area contributed by atoms with Gasteiger partial charge in [-0.15, -0.1) is 5.10 Å². The molecule has 0 atom stereocenters. The lowest BCUT2D eigenvalue weighted by Crippen LogP contribution is -2.18. The van der Waals surface area contributed by atoms with Crippen LogP contribution in [0.1, 0.15) is 36.7 Å². The Balaban J connectivity index is 2.11. The third-order valence-electron chi connectivity index (χ3n) is 3.18. The summed E-state index contributed by atoms with van der Waals surface area (Å²) in [6.07, 6.45) is 2.04. The molecule has 0 aliphatic heterocycles. The number of anilines is 1. The van der Waals surface area contributed by atoms with E-state index in [1.807, 2.05) is 44.0 Å². The molecule has 2 rings (SSSR count). The molecule has 0 saturated carbocycles. The Labute approximate surface area is 114 Å². The molecule has 0 radical (unpaired) electrons. The molecule has 0 spiro atoms. The molecule has 0 fully saturated rings. The van der Waals surface area contributed by atoms with Crippen molar-refractivity contribution in [1.29, 1.82) is 0 Å². The maximum absolute atomic E-state index is 4.35. The van der Waals surface area contributed by atoms with Gasteiger partial charge in [-0.1, -0.05) is 13.8 Å². The quantitative estimate of drug-likeness (QED) is 0.845. The van der Waals surface area contributed by atoms with E-state index in [1.54, 1.807) is 0 Å². The largest absolute Gasteiger partial charge is 0.354 e. The van der Waals surface area contributed by atoms with Crippen molar-refractivity contribution in [3.8, 4) is 0 Å². The third kappa shape index (κ3) is 3.10. The molecule has 19 heavy (non-hydrogen) atoms. The van der Waals surface area contributed by atoms with Gasteiger partial charge in [-0.2, -0.15) is 10.2 Å². The Hall–Kier alpha value is -1.91. The predicted octanol–water partition coefficient (Wildman–Crippen LogP) is 2.28. The normalized spacial score (nSPS) is 11.1. The van der Waals surface area contributed by atoms with Gasteiger partial charge in [-0.05, 0) is 25.0 Å². The van der Waals surface area contributed by atoms with Gasteiger partial charge in [-0.3, -0.25) is 4.68 Å². The molecule has 0 amide bonds. The lowest BCUT2D eigenvalue weighted by atomic mass is 10.1. The number of hydrogen-bond donors (Lipinski definition) is 0. The van der Waals surface area contributed by atoms with E-state index in [0.29, 0.717) is 5.92 Å². The summed E-state index contributed by atoms with van der Waals surface area (Å²) < 4.78 is 1.84. The maximum Gasteiger partial charge on any atom is 0.151 e. The van der Waals surface area contributed by atoms with Crippen LogP contribution in [0.3, 0.4) is 0 Å². The molecule has 0 N–H and O–H groups in total. The molecule has 2 aromatic heterocycles. The van der Waals surface area contributed by atoms with Gasteiger partial charge >= 0.3 is 0 Å². The summed E-state index contributed by atoms with van der Waals surface area (Å²) in [7, 11) is 3.96. The highest BCUT2D eigenvalue weighted by Crippen LogP contribution is 2.16. The second-order valence-corrected chi connectivity index (χ2v) is 5.24. The van der Waals surface area contributed by atoms with Crippen molar-refractivity contribution in [1.82, 2.24) is 20.0 Å². The van der Waals surface area contributed by atoms with E-state index in [4.69, 9.17) is 0 Å². The molecular weight excluding hydrogens is 238 g/mol. The van der Waals surface area contributed by atoms with Gasteiger partial charge in [0.2, 0.25) is 0 Å². The van der Waals surface area contributed by atoms with E-state index in [1.165, 1.54) is 5.56 Å². The second kappa shape index (κ2) is 5.38. The average Bonchev–Trinajstić information content (AvgIpc) is 2.68. The number of aryl methyl sites for hydroxylation is 2. The summed E-state index contributed by atoms with van der Waals surface area (Å²) in [5, 5.41) is 12.9. The maximum atomic E-state index is 4.35. The zero-order chi connectivity index (χ0) is 14.0. The topological polar surface area (TPSA) is 46.8 Å². The highest BCUT2D eigenvalue weighted by Gasteiger charge is 2.09. The van der Waals surface area contributed by atoms with Crippen LogP contribution in [0.15, 0.2) is 18.3 Å². The van der Waals surface area contributed by atoms with E-state index < -0.39 is 0 Å². The molecule has 0 unspecified atom stereocenters. The predicted molar refractivity (Wildman–Crippen MR) is 76.2 cm³/mol. The Morgan fingerprint density at radius 2 is 2.00 bits per heavy atom. The number of nitrogens with zero attached hydrogens (tertiary/aromatic N) is 5. The molecular formula is C14H21N5. The molecule has 2 aromatic rings. The second-order valence-electron chi connectivity index (χ2n) is 5.24. The smallest absolute Gasteiger partial charge is 0.151 e. The van der Waals surface area contributed by atoms with Crippen LogP contribution in [-0.2, 0) is 13.6 Å². The Kier molecular flexibility index (Phi) is 3.83. The SMILES string of the molecule is Cc1nn(C)cc1CN(C)c1ccc(C(C)C)nn1. The fourth-order valence-electron chi connectivity index (χ4n) is 1.99. The van der Waals surface area contributed by atoms with Crippen LogP contribution < -0.4 is 4.90 Å². The van der Waals surface area contributed by atoms with Crippen molar-refractivity contribution in [2.45, 2.75) is 33.2 Å². The van der Waals surface area contributed by atoms with E-state index in [0.717, 1.165) is 23.8 Å². The lowest BCUT2D eigenvalue weighted by Gasteiger charge is -2.17. The number of aromatic nitrogens is 4. The van der Waals surface area contributed by atoms with Crippen LogP contribution in [0.25, 0.3) is 0 Å². The van der Waals surface area contributed by atoms with Crippen molar-refractivity contribution in [2.75, 3.05) is 11.9 Å². The minimum atomic E-state index is 0.410. The fraction of sp³-hybridized carbons (Fsp3) is 0.500. The summed E-state index contributed by atoms with van der Waals surface area (Å²) in [4.78, 5) is 2.08. The fourth-order valence-corrected chi connectivity index (χ4v) is 1.99. The van der Waals surface area contributed by atoms with Crippen molar-refractivity contribution in [3.05, 3.63) is 35.3 Å². The number of rotatable bonds is 4. The highest BCUT2D eigenvalue weighted by atomic mass is 15.3. The Bertz CT molecular complexity index is 541. The van der Waals surface area contributed by atoms with E-state index in [9.17, 15) is 0 Å². The average molecular weight is 259 g/mol. The number of hydrogen-bond acceptors (Lipinski definition) is 4. The van der Waals surface area contributed by atoms with Gasteiger partial charge in [-0.25, -0.2) is 0 Å². The first-order valence-electron chi connectivity index (χ1n) is 6.51. The first kappa shape index (κ1) is 13.5. The van der Waals surface area contributed by atoms with Gasteiger partial charge in [0.1, 0.15) is 0 Å². The first-order valence-corrected chi connectivity index (χ1v) is 6.51. The molecule has 0 saturated heterocycles. The molecule has 0 bridgehead atoms. The summed E-state index contributed by atoms with van der Waals surface area (Å²) >= 11 is 0. The van der Waals surface area contributed by atoms with Gasteiger partial charge in [0.15, 0.2) is 5.82 Å². The minimum absolute atomic E-state index is 0.410. The van der Waals surface area contributed by atoms with E-state index >= 15 is 0 Å². The molecule has 102 valence electrons. The lowest BCUT2D eigenvalue weighted by molar-refractivity contribution is 0.756. The van der Waals surface area contributed by atoms with Crippen molar-refractivity contribution >= 4 is 5.82 Å². The third-order valence-corrected chi connectivity index (χ3v) is 3.18. The summed E-state index contributed by atoms with van der Waals surface area (Å²) in [6, 6.07) is 4.06. The molecule has 0 aromatic carbocycles. The van der Waals surface area contributed by atoms with Gasteiger partial charge < -0.3 is 4.90 Å². The van der Waals surface area contributed by atoms with Crippen LogP contribution in [0.4, 0.5) is 5.82 Å². The summed E-state index contributed by atoms with van der Waals surface area (Å²) in [5.74, 6) is 1.29. The van der Waals surface area contributed by atoms with Gasteiger partial charge in [0.25, 0.3) is 0 Å². The zero-order valence-corrected chi connectivity index (χ0v) is 12.3. The van der Waals surface area contributed by atoms with Crippen LogP contribution in [0.2, 0.25) is 0 Å². The van der Waals surface area contributed by atoms with Crippen LogP contribution in [-0.4, -0.2) is 27.0 Å². The van der Waals surface area contributed by atoms with Crippen LogP contribution in [0.5, 0.6) is 0 Å². The van der Waals surface area contributed by atoms with Crippen LogP contribution >= 0.6 is 0 Å². The molecule has 5 heteroatoms. The highest BCUT2D eigenvalue weighted by molar-refractivity contribution is 5.38. The molecule has 0 aliphatic rings. The van der Waals surface area contributed by atoms with Crippen LogP contribution in [0, 0.1) is 6.92 Å². The first-order chi connectivity index (χ1) is 8.97. The summed E-state index contributed by atoms with van der Waals surface area (Å²) in [6.45, 7) is 7.05. The van der Waals surface area contributed by atoms with E-state index in [-0.39, 0.29) is 0 Å². The molecule has 0 aliphatic carbocycles. The Morgan fingerprint density at radius 1 is 1.26 bits per heavy atom. The monoisotopic (exact) mass is 259 g/mol. The Morgan fingerprint density at radius 3 is 2.47 bits per heavy atom. The van der Waals surface area contributed by atoms with Crippen molar-refractivity contribution in [3.63, 3.8) is 0 Å². The molecule has 2 heterocycles. The standard InChI is InChI=1S/C14H21N5/c1-10(2)13-6-7-14(16-15-13)18(4)8-12-9-19(5)17-11(12)3/h6-7,9-10H,8H2,1-5H3.